The van der Waals surface area contributed by atoms with Crippen LogP contribution in [0.5, 0.6) is 11.5 Å². The highest BCUT2D eigenvalue weighted by atomic mass is 16.7. The van der Waals surface area contributed by atoms with Crippen LogP contribution >= 0.6 is 0 Å². The first-order valence-corrected chi connectivity index (χ1v) is 8.36. The summed E-state index contributed by atoms with van der Waals surface area (Å²) in [6, 6.07) is 12.6. The Bertz CT molecular complexity index is 1020. The van der Waals surface area contributed by atoms with E-state index in [-0.39, 0.29) is 17.9 Å². The fourth-order valence-corrected chi connectivity index (χ4v) is 2.57. The molecule has 0 saturated heterocycles. The molecule has 0 radical (unpaired) electrons. The molecule has 27 heavy (non-hydrogen) atoms. The van der Waals surface area contributed by atoms with Gasteiger partial charge in [0.1, 0.15) is 11.3 Å². The number of anilines is 1. The first kappa shape index (κ1) is 18.5. The molecule has 1 heterocycles. The van der Waals surface area contributed by atoms with Gasteiger partial charge in [-0.15, -0.1) is 0 Å². The highest BCUT2D eigenvalue weighted by molar-refractivity contribution is 5.82. The number of fused-ring (bicyclic) bond motifs is 1. The smallest absolute Gasteiger partial charge is 0.235 e. The number of methoxy groups -OCH3 is 1. The molecule has 0 aliphatic rings. The van der Waals surface area contributed by atoms with Gasteiger partial charge in [0.25, 0.3) is 0 Å². The molecular formula is C21H21NO5. The highest BCUT2D eigenvalue weighted by Gasteiger charge is 2.12. The lowest BCUT2D eigenvalue weighted by molar-refractivity contribution is 0.0512. The van der Waals surface area contributed by atoms with Crippen LogP contribution in [0.2, 0.25) is 0 Å². The standard InChI is InChI=1S/C21H21NO5/c1-22(2)15-7-4-14(5-8-15)6-11-18-21(24)20(23)17-10-9-16(26-13-25-3)12-19(17)27-18/h4-12,24H,13H2,1-3H3/b11-6+. The van der Waals surface area contributed by atoms with E-state index in [1.165, 1.54) is 7.11 Å². The molecule has 0 aliphatic carbocycles. The van der Waals surface area contributed by atoms with Gasteiger partial charge in [-0.2, -0.15) is 0 Å². The molecule has 0 bridgehead atoms. The molecule has 1 aromatic heterocycles. The van der Waals surface area contributed by atoms with Crippen LogP contribution in [0, 0.1) is 0 Å². The topological polar surface area (TPSA) is 72.1 Å². The van der Waals surface area contributed by atoms with Crippen molar-refractivity contribution in [3.8, 4) is 11.5 Å². The fraction of sp³-hybridized carbons (Fsp3) is 0.190. The molecule has 6 nitrogen and oxygen atoms in total. The van der Waals surface area contributed by atoms with Gasteiger partial charge in [0, 0.05) is 33.0 Å². The summed E-state index contributed by atoms with van der Waals surface area (Å²) in [6.45, 7) is 0.0868. The Kier molecular flexibility index (Phi) is 5.47. The Labute approximate surface area is 156 Å². The largest absolute Gasteiger partial charge is 0.502 e. The Hall–Kier alpha value is -3.25. The SMILES string of the molecule is COCOc1ccc2c(=O)c(O)c(/C=C/c3ccc(N(C)C)cc3)oc2c1. The fourth-order valence-electron chi connectivity index (χ4n) is 2.57. The van der Waals surface area contributed by atoms with Gasteiger partial charge in [0.15, 0.2) is 12.6 Å². The number of hydrogen-bond donors (Lipinski definition) is 1. The zero-order chi connectivity index (χ0) is 19.4. The van der Waals surface area contributed by atoms with Gasteiger partial charge in [0.05, 0.1) is 5.39 Å². The van der Waals surface area contributed by atoms with Crippen molar-refractivity contribution in [3.63, 3.8) is 0 Å². The van der Waals surface area contributed by atoms with Crippen molar-refractivity contribution < 1.29 is 19.0 Å². The lowest BCUT2D eigenvalue weighted by Crippen LogP contribution is -2.07. The third-order valence-electron chi connectivity index (χ3n) is 4.05. The summed E-state index contributed by atoms with van der Waals surface area (Å²) in [5, 5.41) is 10.5. The monoisotopic (exact) mass is 367 g/mol. The van der Waals surface area contributed by atoms with Gasteiger partial charge >= 0.3 is 0 Å². The first-order valence-electron chi connectivity index (χ1n) is 8.36. The van der Waals surface area contributed by atoms with Crippen molar-refractivity contribution in [1.29, 1.82) is 0 Å². The molecule has 1 N–H and O–H groups in total. The van der Waals surface area contributed by atoms with Gasteiger partial charge < -0.3 is 23.9 Å². The Balaban J connectivity index is 1.95. The maximum Gasteiger partial charge on any atom is 0.235 e. The van der Waals surface area contributed by atoms with Gasteiger partial charge in [-0.25, -0.2) is 0 Å². The number of aromatic hydroxyl groups is 1. The first-order chi connectivity index (χ1) is 13.0. The van der Waals surface area contributed by atoms with E-state index in [4.69, 9.17) is 13.9 Å². The Morgan fingerprint density at radius 3 is 2.52 bits per heavy atom. The second-order valence-electron chi connectivity index (χ2n) is 6.17. The van der Waals surface area contributed by atoms with Gasteiger partial charge in [-0.3, -0.25) is 4.79 Å². The second kappa shape index (κ2) is 7.97. The van der Waals surface area contributed by atoms with E-state index in [0.29, 0.717) is 11.3 Å². The molecule has 6 heteroatoms. The minimum atomic E-state index is -0.489. The molecular weight excluding hydrogens is 346 g/mol. The number of benzene rings is 2. The number of hydrogen-bond acceptors (Lipinski definition) is 6. The molecule has 0 saturated carbocycles. The maximum atomic E-state index is 12.4. The number of nitrogens with zero attached hydrogens (tertiary/aromatic N) is 1. The molecule has 3 aromatic rings. The van der Waals surface area contributed by atoms with Crippen LogP contribution in [-0.2, 0) is 4.74 Å². The molecule has 0 aliphatic heterocycles. The lowest BCUT2D eigenvalue weighted by Gasteiger charge is -2.11. The lowest BCUT2D eigenvalue weighted by atomic mass is 10.1. The van der Waals surface area contributed by atoms with E-state index in [1.54, 1.807) is 30.4 Å². The molecule has 3 rings (SSSR count). The Morgan fingerprint density at radius 1 is 1.11 bits per heavy atom. The van der Waals surface area contributed by atoms with Crippen LogP contribution < -0.4 is 15.1 Å². The summed E-state index contributed by atoms with van der Waals surface area (Å²) in [4.78, 5) is 14.4. The van der Waals surface area contributed by atoms with Crippen LogP contribution in [0.25, 0.3) is 23.1 Å². The normalized spacial score (nSPS) is 11.2. The molecule has 0 unspecified atom stereocenters. The van der Waals surface area contributed by atoms with Gasteiger partial charge in [-0.05, 0) is 35.9 Å². The van der Waals surface area contributed by atoms with E-state index in [1.807, 2.05) is 43.3 Å². The van der Waals surface area contributed by atoms with Crippen LogP contribution in [0.4, 0.5) is 5.69 Å². The summed E-state index contributed by atoms with van der Waals surface area (Å²) in [5.41, 5.74) is 1.84. The molecule has 0 amide bonds. The van der Waals surface area contributed by atoms with Crippen molar-refractivity contribution >= 4 is 28.8 Å². The van der Waals surface area contributed by atoms with Crippen LogP contribution in [0.1, 0.15) is 11.3 Å². The Morgan fingerprint density at radius 2 is 1.85 bits per heavy atom. The van der Waals surface area contributed by atoms with E-state index in [9.17, 15) is 9.90 Å². The third kappa shape index (κ3) is 4.12. The predicted molar refractivity (Wildman–Crippen MR) is 106 cm³/mol. The van der Waals surface area contributed by atoms with E-state index in [0.717, 1.165) is 11.3 Å². The second-order valence-corrected chi connectivity index (χ2v) is 6.17. The summed E-state index contributed by atoms with van der Waals surface area (Å²) >= 11 is 0. The van der Waals surface area contributed by atoms with Crippen LogP contribution in [0.15, 0.2) is 51.7 Å². The zero-order valence-electron chi connectivity index (χ0n) is 15.4. The molecule has 140 valence electrons. The average molecular weight is 367 g/mol. The number of rotatable bonds is 6. The van der Waals surface area contributed by atoms with Crippen molar-refractivity contribution in [2.45, 2.75) is 0 Å². The summed E-state index contributed by atoms with van der Waals surface area (Å²) in [5.74, 6) is 0.176. The zero-order valence-corrected chi connectivity index (χ0v) is 15.4. The summed E-state index contributed by atoms with van der Waals surface area (Å²) in [6.07, 6.45) is 3.35. The van der Waals surface area contributed by atoms with Crippen LogP contribution in [0.3, 0.4) is 0 Å². The maximum absolute atomic E-state index is 12.4. The highest BCUT2D eigenvalue weighted by Crippen LogP contribution is 2.25. The molecule has 0 spiro atoms. The summed E-state index contributed by atoms with van der Waals surface area (Å²) in [7, 11) is 5.46. The minimum Gasteiger partial charge on any atom is -0.502 e. The molecule has 0 fully saturated rings. The third-order valence-corrected chi connectivity index (χ3v) is 4.05. The minimum absolute atomic E-state index is 0.0868. The van der Waals surface area contributed by atoms with Crippen LogP contribution in [-0.4, -0.2) is 33.1 Å². The average Bonchev–Trinajstić information content (AvgIpc) is 2.68. The van der Waals surface area contributed by atoms with Gasteiger partial charge in [-0.1, -0.05) is 18.2 Å². The van der Waals surface area contributed by atoms with E-state index < -0.39 is 11.2 Å². The summed E-state index contributed by atoms with van der Waals surface area (Å²) < 4.78 is 15.9. The van der Waals surface area contributed by atoms with Crippen molar-refractivity contribution in [3.05, 3.63) is 64.0 Å². The predicted octanol–water partition coefficient (Wildman–Crippen LogP) is 3.72. The van der Waals surface area contributed by atoms with E-state index in [2.05, 4.69) is 0 Å². The van der Waals surface area contributed by atoms with Crippen molar-refractivity contribution in [2.24, 2.45) is 0 Å². The van der Waals surface area contributed by atoms with Crippen molar-refractivity contribution in [1.82, 2.24) is 0 Å². The van der Waals surface area contributed by atoms with Crippen molar-refractivity contribution in [2.75, 3.05) is 32.9 Å². The van der Waals surface area contributed by atoms with Gasteiger partial charge in [0.2, 0.25) is 11.2 Å². The molecule has 2 aromatic carbocycles. The number of ether oxygens (including phenoxy) is 2. The van der Waals surface area contributed by atoms with E-state index >= 15 is 0 Å². The molecule has 0 atom stereocenters. The quantitative estimate of drug-likeness (QED) is 0.670.